The summed E-state index contributed by atoms with van der Waals surface area (Å²) in [7, 11) is 0. The van der Waals surface area contributed by atoms with Crippen LogP contribution in [0.2, 0.25) is 0 Å². The molecule has 0 aromatic rings. The van der Waals surface area contributed by atoms with Gasteiger partial charge in [-0.05, 0) is 45.2 Å². The Morgan fingerprint density at radius 1 is 0.923 bits per heavy atom. The first-order valence-corrected chi connectivity index (χ1v) is 11.3. The lowest BCUT2D eigenvalue weighted by Gasteiger charge is -2.34. The highest BCUT2D eigenvalue weighted by atomic mass is 16.5. The molecule has 0 radical (unpaired) electrons. The number of nitrogens with zero attached hydrogens (tertiary/aromatic N) is 1. The van der Waals surface area contributed by atoms with E-state index in [1.165, 1.54) is 103 Å². The SMILES string of the molecule is C=CC(=O)OCCCCCCCCN(CCCCCC)C1CCCCC1. The molecule has 1 saturated carbocycles. The molecule has 0 atom stereocenters. The van der Waals surface area contributed by atoms with Crippen LogP contribution in [-0.4, -0.2) is 36.6 Å². The van der Waals surface area contributed by atoms with Gasteiger partial charge >= 0.3 is 5.97 Å². The molecular weight excluding hydrogens is 322 g/mol. The second-order valence-electron chi connectivity index (χ2n) is 7.88. The molecule has 152 valence electrons. The number of rotatable bonds is 16. The summed E-state index contributed by atoms with van der Waals surface area (Å²) in [6.07, 6.45) is 21.3. The van der Waals surface area contributed by atoms with Crippen LogP contribution in [0.3, 0.4) is 0 Å². The number of carbonyl (C=O) groups is 1. The Bertz CT molecular complexity index is 350. The molecule has 3 heteroatoms. The van der Waals surface area contributed by atoms with Crippen LogP contribution in [0.4, 0.5) is 0 Å². The third-order valence-corrected chi connectivity index (χ3v) is 5.64. The Balaban J connectivity index is 2.08. The summed E-state index contributed by atoms with van der Waals surface area (Å²) >= 11 is 0. The van der Waals surface area contributed by atoms with Crippen LogP contribution in [0.5, 0.6) is 0 Å². The van der Waals surface area contributed by atoms with E-state index in [-0.39, 0.29) is 5.97 Å². The molecule has 3 nitrogen and oxygen atoms in total. The summed E-state index contributed by atoms with van der Waals surface area (Å²) in [5.74, 6) is -0.299. The van der Waals surface area contributed by atoms with Crippen molar-refractivity contribution in [2.45, 2.75) is 109 Å². The van der Waals surface area contributed by atoms with Crippen molar-refractivity contribution in [3.8, 4) is 0 Å². The zero-order chi connectivity index (χ0) is 18.9. The van der Waals surface area contributed by atoms with Crippen molar-refractivity contribution in [1.82, 2.24) is 4.90 Å². The maximum absolute atomic E-state index is 10.9. The van der Waals surface area contributed by atoms with Gasteiger partial charge in [-0.15, -0.1) is 0 Å². The smallest absolute Gasteiger partial charge is 0.330 e. The van der Waals surface area contributed by atoms with E-state index in [1.54, 1.807) is 0 Å². The van der Waals surface area contributed by atoms with E-state index < -0.39 is 0 Å². The molecule has 0 aromatic carbocycles. The predicted molar refractivity (Wildman–Crippen MR) is 111 cm³/mol. The van der Waals surface area contributed by atoms with E-state index in [4.69, 9.17) is 4.74 Å². The van der Waals surface area contributed by atoms with Crippen LogP contribution < -0.4 is 0 Å². The Morgan fingerprint density at radius 2 is 1.50 bits per heavy atom. The van der Waals surface area contributed by atoms with Crippen molar-refractivity contribution in [2.75, 3.05) is 19.7 Å². The third kappa shape index (κ3) is 11.7. The molecule has 1 rings (SSSR count). The topological polar surface area (TPSA) is 29.5 Å². The normalized spacial score (nSPS) is 15.3. The highest BCUT2D eigenvalue weighted by molar-refractivity contribution is 5.81. The van der Waals surface area contributed by atoms with Gasteiger partial charge in [0, 0.05) is 12.1 Å². The summed E-state index contributed by atoms with van der Waals surface area (Å²) in [4.78, 5) is 13.8. The number of esters is 1. The molecule has 0 unspecified atom stereocenters. The summed E-state index contributed by atoms with van der Waals surface area (Å²) in [6.45, 7) is 8.86. The van der Waals surface area contributed by atoms with Crippen LogP contribution in [0.25, 0.3) is 0 Å². The Kier molecular flexibility index (Phi) is 14.6. The van der Waals surface area contributed by atoms with E-state index in [2.05, 4.69) is 18.4 Å². The highest BCUT2D eigenvalue weighted by Crippen LogP contribution is 2.23. The highest BCUT2D eigenvalue weighted by Gasteiger charge is 2.20. The van der Waals surface area contributed by atoms with Crippen molar-refractivity contribution in [1.29, 1.82) is 0 Å². The lowest BCUT2D eigenvalue weighted by atomic mass is 9.93. The molecule has 1 fully saturated rings. The van der Waals surface area contributed by atoms with Gasteiger partial charge in [0.25, 0.3) is 0 Å². The minimum Gasteiger partial charge on any atom is -0.463 e. The Hall–Kier alpha value is -0.830. The fourth-order valence-electron chi connectivity index (χ4n) is 4.02. The molecule has 0 amide bonds. The summed E-state index contributed by atoms with van der Waals surface area (Å²) in [5.41, 5.74) is 0. The molecular formula is C23H43NO2. The maximum atomic E-state index is 10.9. The summed E-state index contributed by atoms with van der Waals surface area (Å²) < 4.78 is 5.01. The molecule has 0 bridgehead atoms. The van der Waals surface area contributed by atoms with E-state index in [0.29, 0.717) is 6.61 Å². The van der Waals surface area contributed by atoms with Crippen molar-refractivity contribution in [3.63, 3.8) is 0 Å². The van der Waals surface area contributed by atoms with Gasteiger partial charge in [0.15, 0.2) is 0 Å². The van der Waals surface area contributed by atoms with Crippen LogP contribution in [0.15, 0.2) is 12.7 Å². The van der Waals surface area contributed by atoms with Crippen LogP contribution in [0, 0.1) is 0 Å². The first-order valence-electron chi connectivity index (χ1n) is 11.3. The van der Waals surface area contributed by atoms with Gasteiger partial charge in [-0.25, -0.2) is 4.79 Å². The lowest BCUT2D eigenvalue weighted by molar-refractivity contribution is -0.137. The largest absolute Gasteiger partial charge is 0.463 e. The Morgan fingerprint density at radius 3 is 2.12 bits per heavy atom. The van der Waals surface area contributed by atoms with Crippen LogP contribution in [-0.2, 0) is 9.53 Å². The number of ether oxygens (including phenoxy) is 1. The van der Waals surface area contributed by atoms with Crippen LogP contribution >= 0.6 is 0 Å². The summed E-state index contributed by atoms with van der Waals surface area (Å²) in [5, 5.41) is 0. The van der Waals surface area contributed by atoms with Crippen molar-refractivity contribution in [2.24, 2.45) is 0 Å². The molecule has 1 aliphatic rings. The predicted octanol–water partition coefficient (Wildman–Crippen LogP) is 6.27. The molecule has 0 aromatic heterocycles. The van der Waals surface area contributed by atoms with Crippen molar-refractivity contribution >= 4 is 5.97 Å². The van der Waals surface area contributed by atoms with E-state index in [0.717, 1.165) is 18.9 Å². The maximum Gasteiger partial charge on any atom is 0.330 e. The Labute approximate surface area is 162 Å². The fourth-order valence-corrected chi connectivity index (χ4v) is 4.02. The van der Waals surface area contributed by atoms with E-state index in [1.807, 2.05) is 0 Å². The second kappa shape index (κ2) is 16.4. The van der Waals surface area contributed by atoms with E-state index >= 15 is 0 Å². The van der Waals surface area contributed by atoms with Crippen molar-refractivity contribution in [3.05, 3.63) is 12.7 Å². The van der Waals surface area contributed by atoms with E-state index in [9.17, 15) is 4.79 Å². The van der Waals surface area contributed by atoms with Gasteiger partial charge in [-0.3, -0.25) is 0 Å². The summed E-state index contributed by atoms with van der Waals surface area (Å²) in [6, 6.07) is 0.866. The lowest BCUT2D eigenvalue weighted by Crippen LogP contribution is -2.38. The standard InChI is InChI=1S/C23H43NO2/c1-3-5-6-14-19-24(22-17-12-11-13-18-22)20-15-9-7-8-10-16-21-26-23(25)4-2/h4,22H,2-3,5-21H2,1H3. The van der Waals surface area contributed by atoms with Gasteiger partial charge in [0.2, 0.25) is 0 Å². The monoisotopic (exact) mass is 365 g/mol. The molecule has 0 N–H and O–H groups in total. The second-order valence-corrected chi connectivity index (χ2v) is 7.88. The molecule has 1 aliphatic carbocycles. The van der Waals surface area contributed by atoms with Gasteiger partial charge in [-0.1, -0.05) is 77.7 Å². The molecule has 0 spiro atoms. The molecule has 0 saturated heterocycles. The van der Waals surface area contributed by atoms with Gasteiger partial charge < -0.3 is 9.64 Å². The van der Waals surface area contributed by atoms with Crippen molar-refractivity contribution < 1.29 is 9.53 Å². The van der Waals surface area contributed by atoms with Gasteiger partial charge in [-0.2, -0.15) is 0 Å². The fraction of sp³-hybridized carbons (Fsp3) is 0.870. The average molecular weight is 366 g/mol. The minimum absolute atomic E-state index is 0.299. The minimum atomic E-state index is -0.299. The van der Waals surface area contributed by atoms with Gasteiger partial charge in [0.1, 0.15) is 0 Å². The average Bonchev–Trinajstić information content (AvgIpc) is 2.68. The number of unbranched alkanes of at least 4 members (excludes halogenated alkanes) is 8. The quantitative estimate of drug-likeness (QED) is 0.183. The molecule has 0 aliphatic heterocycles. The third-order valence-electron chi connectivity index (χ3n) is 5.64. The van der Waals surface area contributed by atoms with Gasteiger partial charge in [0.05, 0.1) is 6.61 Å². The number of hydrogen-bond acceptors (Lipinski definition) is 3. The first-order chi connectivity index (χ1) is 12.8. The zero-order valence-electron chi connectivity index (χ0n) is 17.4. The zero-order valence-corrected chi connectivity index (χ0v) is 17.4. The number of hydrogen-bond donors (Lipinski definition) is 0. The molecule has 26 heavy (non-hydrogen) atoms. The van der Waals surface area contributed by atoms with Crippen LogP contribution in [0.1, 0.15) is 103 Å². The number of carbonyl (C=O) groups excluding carboxylic acids is 1. The first kappa shape index (κ1) is 23.2. The molecule has 0 heterocycles.